The molecule has 0 spiro atoms. The number of rotatable bonds is 5. The Balaban J connectivity index is 2.43. The third-order valence-electron chi connectivity index (χ3n) is 3.90. The lowest BCUT2D eigenvalue weighted by Gasteiger charge is -2.22. The molecule has 0 bridgehead atoms. The number of anilines is 1. The number of carbonyl (C=O) groups is 1. The highest BCUT2D eigenvalue weighted by Gasteiger charge is 2.25. The van der Waals surface area contributed by atoms with E-state index < -0.39 is 10.0 Å². The second-order valence-electron chi connectivity index (χ2n) is 5.67. The number of hydrogen-bond acceptors (Lipinski definition) is 3. The van der Waals surface area contributed by atoms with E-state index in [1.807, 2.05) is 19.1 Å². The van der Waals surface area contributed by atoms with Gasteiger partial charge in [0.2, 0.25) is 10.0 Å². The summed E-state index contributed by atoms with van der Waals surface area (Å²) in [7, 11) is 0.883. The number of amides is 1. The topological polar surface area (TPSA) is 57.7 Å². The van der Waals surface area contributed by atoms with Gasteiger partial charge in [0.1, 0.15) is 4.90 Å². The Bertz CT molecular complexity index is 828. The fourth-order valence-electron chi connectivity index (χ4n) is 2.34. The summed E-state index contributed by atoms with van der Waals surface area (Å²) < 4.78 is 26.1. The van der Waals surface area contributed by atoms with Crippen molar-refractivity contribution in [1.82, 2.24) is 4.31 Å². The van der Waals surface area contributed by atoms with Crippen LogP contribution in [0.5, 0.6) is 0 Å². The average molecular weight is 346 g/mol. The number of para-hydroxylation sites is 1. The molecule has 5 nitrogen and oxygen atoms in total. The van der Waals surface area contributed by atoms with Crippen LogP contribution in [0.1, 0.15) is 22.8 Å². The van der Waals surface area contributed by atoms with Crippen molar-refractivity contribution in [1.29, 1.82) is 0 Å². The molecular formula is C18H22N2O3S. The van der Waals surface area contributed by atoms with Gasteiger partial charge in [-0.25, -0.2) is 12.7 Å². The first-order valence-electron chi connectivity index (χ1n) is 7.67. The van der Waals surface area contributed by atoms with E-state index in [1.54, 1.807) is 37.4 Å². The van der Waals surface area contributed by atoms with Crippen molar-refractivity contribution in [3.8, 4) is 0 Å². The molecule has 24 heavy (non-hydrogen) atoms. The molecule has 0 unspecified atom stereocenters. The highest BCUT2D eigenvalue weighted by Crippen LogP contribution is 2.27. The quantitative estimate of drug-likeness (QED) is 0.836. The smallest absolute Gasteiger partial charge is 0.258 e. The summed E-state index contributed by atoms with van der Waals surface area (Å²) in [6.45, 7) is 2.05. The Hall–Kier alpha value is -2.18. The highest BCUT2D eigenvalue weighted by molar-refractivity contribution is 7.89. The Morgan fingerprint density at radius 3 is 2.08 bits per heavy atom. The van der Waals surface area contributed by atoms with Gasteiger partial charge in [0.05, 0.1) is 5.69 Å². The molecule has 0 N–H and O–H groups in total. The molecule has 6 heteroatoms. The van der Waals surface area contributed by atoms with Crippen LogP contribution < -0.4 is 4.90 Å². The van der Waals surface area contributed by atoms with Crippen molar-refractivity contribution in [2.45, 2.75) is 18.2 Å². The molecule has 2 aromatic carbocycles. The summed E-state index contributed by atoms with van der Waals surface area (Å²) in [5, 5.41) is 0. The third kappa shape index (κ3) is 3.49. The van der Waals surface area contributed by atoms with Crippen molar-refractivity contribution >= 4 is 21.6 Å². The molecule has 1 amide bonds. The van der Waals surface area contributed by atoms with Gasteiger partial charge in [0, 0.05) is 26.7 Å². The van der Waals surface area contributed by atoms with Gasteiger partial charge in [-0.3, -0.25) is 4.79 Å². The lowest BCUT2D eigenvalue weighted by molar-refractivity contribution is 0.0992. The predicted molar refractivity (Wildman–Crippen MR) is 95.9 cm³/mol. The standard InChI is InChI=1S/C18H22N2O3S/c1-5-14-10-12-15(13-11-14)18(21)20(4)16-8-6-7-9-17(16)24(22,23)19(2)3/h6-13H,5H2,1-4H3. The number of sulfonamides is 1. The number of hydrogen-bond donors (Lipinski definition) is 0. The summed E-state index contributed by atoms with van der Waals surface area (Å²) in [6, 6.07) is 13.8. The molecule has 2 aromatic rings. The SMILES string of the molecule is CCc1ccc(C(=O)N(C)c2ccccc2S(=O)(=O)N(C)C)cc1. The average Bonchev–Trinajstić information content (AvgIpc) is 2.60. The molecule has 0 atom stereocenters. The molecule has 0 saturated heterocycles. The van der Waals surface area contributed by atoms with Crippen molar-refractivity contribution in [3.63, 3.8) is 0 Å². The largest absolute Gasteiger partial charge is 0.310 e. The van der Waals surface area contributed by atoms with Crippen LogP contribution in [-0.2, 0) is 16.4 Å². The van der Waals surface area contributed by atoms with Gasteiger partial charge in [-0.05, 0) is 36.2 Å². The molecule has 0 aliphatic heterocycles. The maximum Gasteiger partial charge on any atom is 0.258 e. The minimum absolute atomic E-state index is 0.107. The first kappa shape index (κ1) is 18.2. The normalized spacial score (nSPS) is 11.5. The van der Waals surface area contributed by atoms with Gasteiger partial charge in [0.15, 0.2) is 0 Å². The zero-order valence-corrected chi connectivity index (χ0v) is 15.2. The lowest BCUT2D eigenvalue weighted by Crippen LogP contribution is -2.30. The Kier molecular flexibility index (Phi) is 5.41. The lowest BCUT2D eigenvalue weighted by atomic mass is 10.1. The summed E-state index contributed by atoms with van der Waals surface area (Å²) in [4.78, 5) is 14.2. The first-order chi connectivity index (χ1) is 11.3. The Morgan fingerprint density at radius 2 is 1.54 bits per heavy atom. The molecule has 0 saturated carbocycles. The highest BCUT2D eigenvalue weighted by atomic mass is 32.2. The minimum Gasteiger partial charge on any atom is -0.310 e. The molecular weight excluding hydrogens is 324 g/mol. The van der Waals surface area contributed by atoms with Crippen LogP contribution in [0.4, 0.5) is 5.69 Å². The Morgan fingerprint density at radius 1 is 0.958 bits per heavy atom. The number of aryl methyl sites for hydroxylation is 1. The van der Waals surface area contributed by atoms with E-state index in [9.17, 15) is 13.2 Å². The van der Waals surface area contributed by atoms with Crippen molar-refractivity contribution in [3.05, 3.63) is 59.7 Å². The van der Waals surface area contributed by atoms with Gasteiger partial charge in [0.25, 0.3) is 5.91 Å². The fourth-order valence-corrected chi connectivity index (χ4v) is 3.45. The molecule has 0 aliphatic rings. The van der Waals surface area contributed by atoms with Crippen LogP contribution in [0.15, 0.2) is 53.4 Å². The molecule has 128 valence electrons. The van der Waals surface area contributed by atoms with Crippen LogP contribution in [0.25, 0.3) is 0 Å². The number of carbonyl (C=O) groups excluding carboxylic acids is 1. The van der Waals surface area contributed by atoms with Gasteiger partial charge in [-0.15, -0.1) is 0 Å². The van der Waals surface area contributed by atoms with E-state index in [1.165, 1.54) is 25.1 Å². The molecule has 0 aliphatic carbocycles. The van der Waals surface area contributed by atoms with E-state index >= 15 is 0 Å². The van der Waals surface area contributed by atoms with E-state index in [0.717, 1.165) is 16.3 Å². The first-order valence-corrected chi connectivity index (χ1v) is 9.11. The summed E-state index contributed by atoms with van der Waals surface area (Å²) in [5.74, 6) is -0.251. The number of benzene rings is 2. The van der Waals surface area contributed by atoms with Gasteiger partial charge in [-0.1, -0.05) is 31.2 Å². The second kappa shape index (κ2) is 7.15. The molecule has 2 rings (SSSR count). The Labute approximate surface area is 143 Å². The van der Waals surface area contributed by atoms with Crippen molar-refractivity contribution < 1.29 is 13.2 Å². The maximum atomic E-state index is 12.7. The zero-order chi connectivity index (χ0) is 17.9. The van der Waals surface area contributed by atoms with Gasteiger partial charge in [-0.2, -0.15) is 0 Å². The monoisotopic (exact) mass is 346 g/mol. The van der Waals surface area contributed by atoms with Crippen LogP contribution in [0.2, 0.25) is 0 Å². The van der Waals surface area contributed by atoms with Crippen LogP contribution in [0.3, 0.4) is 0 Å². The van der Waals surface area contributed by atoms with Crippen LogP contribution in [-0.4, -0.2) is 39.8 Å². The van der Waals surface area contributed by atoms with E-state index in [0.29, 0.717) is 11.3 Å². The molecule has 0 heterocycles. The second-order valence-corrected chi connectivity index (χ2v) is 7.79. The maximum absolute atomic E-state index is 12.7. The summed E-state index contributed by atoms with van der Waals surface area (Å²) in [5.41, 5.74) is 2.02. The van der Waals surface area contributed by atoms with Crippen LogP contribution >= 0.6 is 0 Å². The number of nitrogens with zero attached hydrogens (tertiary/aromatic N) is 2. The predicted octanol–water partition coefficient (Wildman–Crippen LogP) is 2.78. The third-order valence-corrected chi connectivity index (χ3v) is 5.76. The molecule has 0 radical (unpaired) electrons. The van der Waals surface area contributed by atoms with Crippen LogP contribution in [0, 0.1) is 0 Å². The minimum atomic E-state index is -3.64. The zero-order valence-electron chi connectivity index (χ0n) is 14.4. The van der Waals surface area contributed by atoms with Gasteiger partial charge < -0.3 is 4.90 Å². The molecule has 0 fully saturated rings. The summed E-state index contributed by atoms with van der Waals surface area (Å²) >= 11 is 0. The summed E-state index contributed by atoms with van der Waals surface area (Å²) in [6.07, 6.45) is 0.897. The van der Waals surface area contributed by atoms with Crippen molar-refractivity contribution in [2.24, 2.45) is 0 Å². The van der Waals surface area contributed by atoms with E-state index in [4.69, 9.17) is 0 Å². The fraction of sp³-hybridized carbons (Fsp3) is 0.278. The van der Waals surface area contributed by atoms with Gasteiger partial charge >= 0.3 is 0 Å². The van der Waals surface area contributed by atoms with Crippen molar-refractivity contribution in [2.75, 3.05) is 26.0 Å². The van der Waals surface area contributed by atoms with E-state index in [2.05, 4.69) is 0 Å². The van der Waals surface area contributed by atoms with E-state index in [-0.39, 0.29) is 10.8 Å². The molecule has 0 aromatic heterocycles.